The quantitative estimate of drug-likeness (QED) is 0.783. The first kappa shape index (κ1) is 15.9. The van der Waals surface area contributed by atoms with Crippen LogP contribution in [0, 0.1) is 0 Å². The minimum absolute atomic E-state index is 0.0279. The van der Waals surface area contributed by atoms with Gasteiger partial charge in [0.2, 0.25) is 11.8 Å². The Morgan fingerprint density at radius 2 is 2.00 bits per heavy atom. The van der Waals surface area contributed by atoms with Crippen LogP contribution in [-0.2, 0) is 14.4 Å². The zero-order valence-corrected chi connectivity index (χ0v) is 13.3. The molecule has 1 atom stereocenters. The Balaban J connectivity index is 1.66. The number of hydrogen-bond donors (Lipinski definition) is 3. The number of carboxylic acids is 1. The highest BCUT2D eigenvalue weighted by Gasteiger charge is 2.43. The van der Waals surface area contributed by atoms with Gasteiger partial charge in [0.25, 0.3) is 0 Å². The van der Waals surface area contributed by atoms with Gasteiger partial charge in [0.1, 0.15) is 5.54 Å². The third kappa shape index (κ3) is 3.19. The van der Waals surface area contributed by atoms with E-state index in [1.54, 1.807) is 0 Å². The zero-order chi connectivity index (χ0) is 16.4. The SMILES string of the molecule is O=C(C[C@H]1Sc2ccccc2NC1=O)NC1(C(=O)O)CCCC1. The van der Waals surface area contributed by atoms with Crippen molar-refractivity contribution in [3.8, 4) is 0 Å². The molecule has 6 nitrogen and oxygen atoms in total. The topological polar surface area (TPSA) is 95.5 Å². The molecule has 3 N–H and O–H groups in total. The van der Waals surface area contributed by atoms with Crippen molar-refractivity contribution in [1.29, 1.82) is 0 Å². The summed E-state index contributed by atoms with van der Waals surface area (Å²) in [5.41, 5.74) is -0.415. The molecule has 3 rings (SSSR count). The monoisotopic (exact) mass is 334 g/mol. The first-order valence-electron chi connectivity index (χ1n) is 7.61. The number of hydrogen-bond acceptors (Lipinski definition) is 4. The van der Waals surface area contributed by atoms with Crippen molar-refractivity contribution >= 4 is 35.2 Å². The van der Waals surface area contributed by atoms with Crippen molar-refractivity contribution in [1.82, 2.24) is 5.32 Å². The van der Waals surface area contributed by atoms with E-state index in [0.717, 1.165) is 23.4 Å². The molecular formula is C16H18N2O4S. The Morgan fingerprint density at radius 3 is 2.70 bits per heavy atom. The normalized spacial score (nSPS) is 22.1. The van der Waals surface area contributed by atoms with E-state index in [1.807, 2.05) is 24.3 Å². The molecule has 0 bridgehead atoms. The number of amides is 2. The molecular weight excluding hydrogens is 316 g/mol. The van der Waals surface area contributed by atoms with Crippen LogP contribution >= 0.6 is 11.8 Å². The highest BCUT2D eigenvalue weighted by Crippen LogP contribution is 2.37. The number of fused-ring (bicyclic) bond motifs is 1. The Labute approximate surface area is 138 Å². The Hall–Kier alpha value is -2.02. The van der Waals surface area contributed by atoms with Crippen LogP contribution < -0.4 is 10.6 Å². The van der Waals surface area contributed by atoms with Crippen molar-refractivity contribution in [2.75, 3.05) is 5.32 Å². The average molecular weight is 334 g/mol. The van der Waals surface area contributed by atoms with Gasteiger partial charge in [-0.1, -0.05) is 25.0 Å². The lowest BCUT2D eigenvalue weighted by Gasteiger charge is -2.28. The third-order valence-corrected chi connectivity index (χ3v) is 5.60. The number of anilines is 1. The lowest BCUT2D eigenvalue weighted by Crippen LogP contribution is -2.53. The van der Waals surface area contributed by atoms with Crippen LogP contribution in [0.25, 0.3) is 0 Å². The van der Waals surface area contributed by atoms with Crippen LogP contribution in [0.15, 0.2) is 29.2 Å². The van der Waals surface area contributed by atoms with Crippen LogP contribution in [0.4, 0.5) is 5.69 Å². The fourth-order valence-corrected chi connectivity index (χ4v) is 4.19. The van der Waals surface area contributed by atoms with Gasteiger partial charge in [0.15, 0.2) is 0 Å². The molecule has 7 heteroatoms. The minimum Gasteiger partial charge on any atom is -0.480 e. The molecule has 1 heterocycles. The zero-order valence-electron chi connectivity index (χ0n) is 12.5. The number of thioether (sulfide) groups is 1. The fraction of sp³-hybridized carbons (Fsp3) is 0.438. The second-order valence-electron chi connectivity index (χ2n) is 5.94. The standard InChI is InChI=1S/C16H18N2O4S/c19-13(18-16(15(21)22)7-3-4-8-16)9-12-14(20)17-10-5-1-2-6-11(10)23-12/h1-2,5-6,12H,3-4,7-9H2,(H,17,20)(H,18,19)(H,21,22)/t12-/m1/s1. The van der Waals surface area contributed by atoms with Crippen molar-refractivity contribution in [3.05, 3.63) is 24.3 Å². The molecule has 2 aliphatic rings. The molecule has 1 aliphatic heterocycles. The maximum absolute atomic E-state index is 12.3. The first-order valence-corrected chi connectivity index (χ1v) is 8.49. The number of benzene rings is 1. The predicted molar refractivity (Wildman–Crippen MR) is 86.3 cm³/mol. The van der Waals surface area contributed by atoms with Gasteiger partial charge >= 0.3 is 5.97 Å². The van der Waals surface area contributed by atoms with E-state index >= 15 is 0 Å². The number of carbonyl (C=O) groups excluding carboxylic acids is 2. The Morgan fingerprint density at radius 1 is 1.30 bits per heavy atom. The molecule has 2 amide bonds. The second-order valence-corrected chi connectivity index (χ2v) is 7.18. The minimum atomic E-state index is -1.16. The predicted octanol–water partition coefficient (Wildman–Crippen LogP) is 2.00. The van der Waals surface area contributed by atoms with Gasteiger partial charge in [-0.25, -0.2) is 4.79 Å². The molecule has 0 aromatic heterocycles. The number of carboxylic acid groups (broad SMARTS) is 1. The summed E-state index contributed by atoms with van der Waals surface area (Å²) in [6.07, 6.45) is 2.44. The number of aliphatic carboxylic acids is 1. The van der Waals surface area contributed by atoms with E-state index in [9.17, 15) is 19.5 Å². The van der Waals surface area contributed by atoms with Gasteiger partial charge in [-0.2, -0.15) is 0 Å². The van der Waals surface area contributed by atoms with E-state index in [2.05, 4.69) is 10.6 Å². The molecule has 0 unspecified atom stereocenters. The average Bonchev–Trinajstić information content (AvgIpc) is 2.98. The smallest absolute Gasteiger partial charge is 0.329 e. The molecule has 1 saturated carbocycles. The molecule has 0 radical (unpaired) electrons. The van der Waals surface area contributed by atoms with E-state index in [-0.39, 0.29) is 18.2 Å². The van der Waals surface area contributed by atoms with Gasteiger partial charge in [0, 0.05) is 11.3 Å². The summed E-state index contributed by atoms with van der Waals surface area (Å²) in [6.45, 7) is 0. The summed E-state index contributed by atoms with van der Waals surface area (Å²) in [5.74, 6) is -1.60. The molecule has 23 heavy (non-hydrogen) atoms. The lowest BCUT2D eigenvalue weighted by atomic mass is 9.97. The van der Waals surface area contributed by atoms with Gasteiger partial charge in [-0.05, 0) is 25.0 Å². The Bertz CT molecular complexity index is 655. The fourth-order valence-electron chi connectivity index (χ4n) is 3.08. The maximum atomic E-state index is 12.3. The molecule has 1 aromatic carbocycles. The number of rotatable bonds is 4. The maximum Gasteiger partial charge on any atom is 0.329 e. The summed E-state index contributed by atoms with van der Waals surface area (Å²) in [4.78, 5) is 36.8. The van der Waals surface area contributed by atoms with Crippen molar-refractivity contribution in [2.45, 2.75) is 47.8 Å². The first-order chi connectivity index (χ1) is 11.0. The van der Waals surface area contributed by atoms with E-state index in [1.165, 1.54) is 11.8 Å². The van der Waals surface area contributed by atoms with Crippen LogP contribution in [0.1, 0.15) is 32.1 Å². The molecule has 0 spiro atoms. The molecule has 1 fully saturated rings. The second kappa shape index (κ2) is 6.23. The van der Waals surface area contributed by atoms with Crippen molar-refractivity contribution in [3.63, 3.8) is 0 Å². The highest BCUT2D eigenvalue weighted by atomic mass is 32.2. The van der Waals surface area contributed by atoms with Crippen LogP contribution in [0.2, 0.25) is 0 Å². The number of nitrogens with one attached hydrogen (secondary N) is 2. The molecule has 0 saturated heterocycles. The van der Waals surface area contributed by atoms with E-state index in [4.69, 9.17) is 0 Å². The van der Waals surface area contributed by atoms with Gasteiger partial charge < -0.3 is 15.7 Å². The largest absolute Gasteiger partial charge is 0.480 e. The molecule has 1 aromatic rings. The highest BCUT2D eigenvalue weighted by molar-refractivity contribution is 8.01. The van der Waals surface area contributed by atoms with E-state index in [0.29, 0.717) is 12.8 Å². The van der Waals surface area contributed by atoms with Crippen molar-refractivity contribution < 1.29 is 19.5 Å². The van der Waals surface area contributed by atoms with Crippen LogP contribution in [-0.4, -0.2) is 33.7 Å². The summed E-state index contributed by atoms with van der Waals surface area (Å²) in [7, 11) is 0. The summed E-state index contributed by atoms with van der Waals surface area (Å²) in [5, 5.41) is 14.3. The van der Waals surface area contributed by atoms with Gasteiger partial charge in [0.05, 0.1) is 10.9 Å². The van der Waals surface area contributed by atoms with Crippen molar-refractivity contribution in [2.24, 2.45) is 0 Å². The van der Waals surface area contributed by atoms with Gasteiger partial charge in [-0.3, -0.25) is 9.59 Å². The number of carbonyl (C=O) groups is 3. The van der Waals surface area contributed by atoms with Crippen LogP contribution in [0.3, 0.4) is 0 Å². The summed E-state index contributed by atoms with van der Waals surface area (Å²) < 4.78 is 0. The van der Waals surface area contributed by atoms with E-state index < -0.39 is 16.8 Å². The molecule has 122 valence electrons. The molecule has 1 aliphatic carbocycles. The van der Waals surface area contributed by atoms with Crippen LogP contribution in [0.5, 0.6) is 0 Å². The lowest BCUT2D eigenvalue weighted by molar-refractivity contribution is -0.147. The van der Waals surface area contributed by atoms with Gasteiger partial charge in [-0.15, -0.1) is 11.8 Å². The third-order valence-electron chi connectivity index (χ3n) is 4.32. The summed E-state index contributed by atoms with van der Waals surface area (Å²) >= 11 is 1.34. The Kier molecular flexibility index (Phi) is 4.30. The number of para-hydroxylation sites is 1. The summed E-state index contributed by atoms with van der Waals surface area (Å²) in [6, 6.07) is 7.41.